The van der Waals surface area contributed by atoms with Crippen molar-refractivity contribution >= 4 is 16.7 Å². The van der Waals surface area contributed by atoms with Gasteiger partial charge in [0.25, 0.3) is 0 Å². The Morgan fingerprint density at radius 1 is 1.43 bits per heavy atom. The van der Waals surface area contributed by atoms with E-state index in [1.54, 1.807) is 0 Å². The lowest BCUT2D eigenvalue weighted by Crippen LogP contribution is -2.39. The van der Waals surface area contributed by atoms with Crippen LogP contribution in [0.1, 0.15) is 19.3 Å². The van der Waals surface area contributed by atoms with Gasteiger partial charge in [0, 0.05) is 28.6 Å². The second-order valence-corrected chi connectivity index (χ2v) is 5.70. The molecule has 1 saturated carbocycles. The SMILES string of the molecule is O=C(CS(=O)C1CC1)NC1CCNC1. The normalized spacial score (nSPS) is 28.7. The number of carbonyl (C=O) groups is 1. The van der Waals surface area contributed by atoms with E-state index in [4.69, 9.17) is 0 Å². The van der Waals surface area contributed by atoms with Crippen LogP contribution in [0.3, 0.4) is 0 Å². The summed E-state index contributed by atoms with van der Waals surface area (Å²) in [5.41, 5.74) is 0. The van der Waals surface area contributed by atoms with Gasteiger partial charge in [-0.1, -0.05) is 0 Å². The molecule has 1 amide bonds. The predicted octanol–water partition coefficient (Wildman–Crippen LogP) is -0.624. The van der Waals surface area contributed by atoms with Crippen LogP contribution in [-0.4, -0.2) is 40.3 Å². The predicted molar refractivity (Wildman–Crippen MR) is 55.4 cm³/mol. The Morgan fingerprint density at radius 3 is 2.79 bits per heavy atom. The third-order valence-corrected chi connectivity index (χ3v) is 4.36. The minimum absolute atomic E-state index is 0.0519. The van der Waals surface area contributed by atoms with Gasteiger partial charge >= 0.3 is 0 Å². The van der Waals surface area contributed by atoms with Crippen LogP contribution in [0.25, 0.3) is 0 Å². The second kappa shape index (κ2) is 4.40. The van der Waals surface area contributed by atoms with Gasteiger partial charge in [-0.2, -0.15) is 0 Å². The third-order valence-electron chi connectivity index (χ3n) is 2.59. The quantitative estimate of drug-likeness (QED) is 0.658. The number of hydrogen-bond acceptors (Lipinski definition) is 3. The highest BCUT2D eigenvalue weighted by Crippen LogP contribution is 2.25. The van der Waals surface area contributed by atoms with E-state index in [9.17, 15) is 9.00 Å². The average Bonchev–Trinajstić information content (AvgIpc) is 2.87. The van der Waals surface area contributed by atoms with E-state index < -0.39 is 10.8 Å². The summed E-state index contributed by atoms with van der Waals surface area (Å²) in [6.07, 6.45) is 3.05. The maximum atomic E-state index is 11.4. The lowest BCUT2D eigenvalue weighted by molar-refractivity contribution is -0.119. The monoisotopic (exact) mass is 216 g/mol. The molecule has 2 unspecified atom stereocenters. The second-order valence-electron chi connectivity index (χ2n) is 3.98. The molecular formula is C9H16N2O2S. The Labute approximate surface area is 86.3 Å². The molecule has 2 atom stereocenters. The largest absolute Gasteiger partial charge is 0.351 e. The first-order valence-corrected chi connectivity index (χ1v) is 6.51. The zero-order chi connectivity index (χ0) is 9.97. The summed E-state index contributed by atoms with van der Waals surface area (Å²) in [4.78, 5) is 11.4. The van der Waals surface area contributed by atoms with Crippen molar-refractivity contribution in [3.8, 4) is 0 Å². The lowest BCUT2D eigenvalue weighted by atomic mass is 10.3. The van der Waals surface area contributed by atoms with Crippen LogP contribution in [0.2, 0.25) is 0 Å². The van der Waals surface area contributed by atoms with E-state index in [1.165, 1.54) is 0 Å². The van der Waals surface area contributed by atoms with Gasteiger partial charge in [-0.15, -0.1) is 0 Å². The number of carbonyl (C=O) groups excluding carboxylic acids is 1. The molecule has 1 aliphatic heterocycles. The topological polar surface area (TPSA) is 58.2 Å². The molecule has 2 fully saturated rings. The molecule has 0 aromatic rings. The van der Waals surface area contributed by atoms with Crippen LogP contribution < -0.4 is 10.6 Å². The molecule has 0 bridgehead atoms. The maximum absolute atomic E-state index is 11.4. The highest BCUT2D eigenvalue weighted by atomic mass is 32.2. The fourth-order valence-corrected chi connectivity index (χ4v) is 2.86. The van der Waals surface area contributed by atoms with Crippen LogP contribution in [0.5, 0.6) is 0 Å². The Balaban J connectivity index is 1.69. The van der Waals surface area contributed by atoms with Crippen molar-refractivity contribution in [2.75, 3.05) is 18.8 Å². The summed E-state index contributed by atoms with van der Waals surface area (Å²) in [7, 11) is -0.923. The van der Waals surface area contributed by atoms with Gasteiger partial charge in [0.05, 0.1) is 0 Å². The minimum Gasteiger partial charge on any atom is -0.351 e. The molecule has 1 heterocycles. The standard InChI is InChI=1S/C9H16N2O2S/c12-9(6-14(13)8-1-2-8)11-7-3-4-10-5-7/h7-8,10H,1-6H2,(H,11,12). The minimum atomic E-state index is -0.923. The molecule has 0 aromatic carbocycles. The molecule has 5 heteroatoms. The van der Waals surface area contributed by atoms with Crippen molar-refractivity contribution in [1.29, 1.82) is 0 Å². The zero-order valence-electron chi connectivity index (χ0n) is 8.12. The van der Waals surface area contributed by atoms with E-state index in [1.807, 2.05) is 0 Å². The summed E-state index contributed by atoms with van der Waals surface area (Å²) < 4.78 is 11.4. The fourth-order valence-electron chi connectivity index (χ4n) is 1.63. The van der Waals surface area contributed by atoms with Crippen molar-refractivity contribution in [3.05, 3.63) is 0 Å². The van der Waals surface area contributed by atoms with Crippen molar-refractivity contribution in [3.63, 3.8) is 0 Å². The van der Waals surface area contributed by atoms with E-state index in [0.29, 0.717) is 5.25 Å². The summed E-state index contributed by atoms with van der Waals surface area (Å²) in [5.74, 6) is 0.144. The Morgan fingerprint density at radius 2 is 2.21 bits per heavy atom. The first-order chi connectivity index (χ1) is 6.75. The van der Waals surface area contributed by atoms with Crippen LogP contribution in [0, 0.1) is 0 Å². The summed E-state index contributed by atoms with van der Waals surface area (Å²) in [6.45, 7) is 1.82. The molecule has 0 spiro atoms. The van der Waals surface area contributed by atoms with Crippen LogP contribution in [0.15, 0.2) is 0 Å². The smallest absolute Gasteiger partial charge is 0.232 e. The van der Waals surface area contributed by atoms with Crippen molar-refractivity contribution < 1.29 is 9.00 Å². The van der Waals surface area contributed by atoms with Crippen molar-refractivity contribution in [1.82, 2.24) is 10.6 Å². The van der Waals surface area contributed by atoms with Gasteiger partial charge in [0.15, 0.2) is 0 Å². The van der Waals surface area contributed by atoms with Crippen LogP contribution in [0.4, 0.5) is 0 Å². The Kier molecular flexibility index (Phi) is 3.18. The Bertz CT molecular complexity index is 247. The molecule has 1 aliphatic carbocycles. The summed E-state index contributed by atoms with van der Waals surface area (Å²) in [5, 5.41) is 6.38. The Hall–Kier alpha value is -0.420. The summed E-state index contributed by atoms with van der Waals surface area (Å²) in [6, 6.07) is 0.249. The molecule has 0 aromatic heterocycles. The van der Waals surface area contributed by atoms with Crippen LogP contribution in [-0.2, 0) is 15.6 Å². The van der Waals surface area contributed by atoms with Gasteiger partial charge in [-0.25, -0.2) is 0 Å². The third kappa shape index (κ3) is 2.78. The van der Waals surface area contributed by atoms with Crippen LogP contribution >= 0.6 is 0 Å². The van der Waals surface area contributed by atoms with Gasteiger partial charge in [-0.05, 0) is 25.8 Å². The average molecular weight is 216 g/mol. The molecule has 0 radical (unpaired) electrons. The molecule has 2 N–H and O–H groups in total. The summed E-state index contributed by atoms with van der Waals surface area (Å²) >= 11 is 0. The molecule has 1 saturated heterocycles. The first kappa shape index (κ1) is 10.1. The fraction of sp³-hybridized carbons (Fsp3) is 0.889. The van der Waals surface area contributed by atoms with Gasteiger partial charge < -0.3 is 10.6 Å². The van der Waals surface area contributed by atoms with Gasteiger partial charge in [-0.3, -0.25) is 9.00 Å². The highest BCUT2D eigenvalue weighted by Gasteiger charge is 2.30. The molecule has 80 valence electrons. The first-order valence-electron chi connectivity index (χ1n) is 5.13. The number of rotatable bonds is 4. The molecule has 2 rings (SSSR count). The van der Waals surface area contributed by atoms with E-state index in [2.05, 4.69) is 10.6 Å². The van der Waals surface area contributed by atoms with Crippen molar-refractivity contribution in [2.24, 2.45) is 0 Å². The maximum Gasteiger partial charge on any atom is 0.232 e. The lowest BCUT2D eigenvalue weighted by Gasteiger charge is -2.10. The van der Waals surface area contributed by atoms with E-state index >= 15 is 0 Å². The molecule has 4 nitrogen and oxygen atoms in total. The zero-order valence-corrected chi connectivity index (χ0v) is 8.94. The molecular weight excluding hydrogens is 200 g/mol. The van der Waals surface area contributed by atoms with Gasteiger partial charge in [0.2, 0.25) is 5.91 Å². The highest BCUT2D eigenvalue weighted by molar-refractivity contribution is 7.86. The van der Waals surface area contributed by atoms with E-state index in [0.717, 1.165) is 32.4 Å². The van der Waals surface area contributed by atoms with E-state index in [-0.39, 0.29) is 17.7 Å². The number of amides is 1. The molecule has 14 heavy (non-hydrogen) atoms. The van der Waals surface area contributed by atoms with Gasteiger partial charge in [0.1, 0.15) is 5.75 Å². The number of nitrogens with one attached hydrogen (secondary N) is 2. The van der Waals surface area contributed by atoms with Crippen molar-refractivity contribution in [2.45, 2.75) is 30.6 Å². The number of hydrogen-bond donors (Lipinski definition) is 2. The molecule has 2 aliphatic rings.